The smallest absolute Gasteiger partial charge is 0.267 e. The summed E-state index contributed by atoms with van der Waals surface area (Å²) in [6, 6.07) is 17.8. The van der Waals surface area contributed by atoms with Crippen molar-refractivity contribution < 1.29 is 4.79 Å². The summed E-state index contributed by atoms with van der Waals surface area (Å²) in [7, 11) is 0. The molecule has 0 saturated carbocycles. The summed E-state index contributed by atoms with van der Waals surface area (Å²) in [6.45, 7) is 6.22. The number of carbonyl (C=O) groups excluding carboxylic acids is 1. The first-order valence-electron chi connectivity index (χ1n) is 9.05. The molecule has 0 aliphatic heterocycles. The van der Waals surface area contributed by atoms with Gasteiger partial charge >= 0.3 is 0 Å². The lowest BCUT2D eigenvalue weighted by Gasteiger charge is -2.10. The van der Waals surface area contributed by atoms with Gasteiger partial charge in [-0.3, -0.25) is 4.79 Å². The van der Waals surface area contributed by atoms with Crippen LogP contribution in [0.5, 0.6) is 0 Å². The Morgan fingerprint density at radius 1 is 1.11 bits per heavy atom. The van der Waals surface area contributed by atoms with Crippen molar-refractivity contribution in [1.29, 1.82) is 0 Å². The molecule has 0 fully saturated rings. The SMILES string of the molecule is C/C=C\C=NNC(=O)c1cc(-c2ccc(C(C)C)cc2)nc2ccccc12. The van der Waals surface area contributed by atoms with E-state index in [0.717, 1.165) is 22.2 Å². The minimum absolute atomic E-state index is 0.255. The summed E-state index contributed by atoms with van der Waals surface area (Å²) in [5.41, 5.74) is 6.95. The molecule has 27 heavy (non-hydrogen) atoms. The zero-order chi connectivity index (χ0) is 19.2. The molecule has 0 unspecified atom stereocenters. The number of hydrazone groups is 1. The van der Waals surface area contributed by atoms with Crippen LogP contribution in [0.3, 0.4) is 0 Å². The Balaban J connectivity index is 2.03. The maximum atomic E-state index is 12.7. The van der Waals surface area contributed by atoms with Crippen molar-refractivity contribution in [2.75, 3.05) is 0 Å². The fourth-order valence-electron chi connectivity index (χ4n) is 2.84. The van der Waals surface area contributed by atoms with Gasteiger partial charge in [-0.15, -0.1) is 0 Å². The molecule has 0 atom stereocenters. The molecule has 1 heterocycles. The highest BCUT2D eigenvalue weighted by atomic mass is 16.2. The van der Waals surface area contributed by atoms with Crippen molar-refractivity contribution in [2.24, 2.45) is 5.10 Å². The fourth-order valence-corrected chi connectivity index (χ4v) is 2.84. The van der Waals surface area contributed by atoms with Gasteiger partial charge in [0.25, 0.3) is 5.91 Å². The zero-order valence-electron chi connectivity index (χ0n) is 15.8. The van der Waals surface area contributed by atoms with Crippen LogP contribution in [0.15, 0.2) is 71.9 Å². The molecule has 136 valence electrons. The van der Waals surface area contributed by atoms with Crippen LogP contribution in [-0.2, 0) is 0 Å². The molecular formula is C23H23N3O. The Hall–Kier alpha value is -3.27. The maximum Gasteiger partial charge on any atom is 0.272 e. The molecule has 0 saturated heterocycles. The Labute approximate surface area is 159 Å². The van der Waals surface area contributed by atoms with Crippen molar-refractivity contribution >= 4 is 23.0 Å². The fraction of sp³-hybridized carbons (Fsp3) is 0.174. The van der Waals surface area contributed by atoms with Crippen LogP contribution in [-0.4, -0.2) is 17.1 Å². The number of hydrogen-bond donors (Lipinski definition) is 1. The molecule has 4 nitrogen and oxygen atoms in total. The van der Waals surface area contributed by atoms with E-state index >= 15 is 0 Å². The van der Waals surface area contributed by atoms with Crippen molar-refractivity contribution in [3.8, 4) is 11.3 Å². The van der Waals surface area contributed by atoms with Gasteiger partial charge in [-0.05, 0) is 36.6 Å². The number of pyridine rings is 1. The van der Waals surface area contributed by atoms with Crippen molar-refractivity contribution in [2.45, 2.75) is 26.7 Å². The molecule has 3 aromatic rings. The van der Waals surface area contributed by atoms with E-state index in [-0.39, 0.29) is 5.91 Å². The number of fused-ring (bicyclic) bond motifs is 1. The van der Waals surface area contributed by atoms with Crippen LogP contribution in [0, 0.1) is 0 Å². The second kappa shape index (κ2) is 8.41. The standard InChI is InChI=1S/C23H23N3O/c1-4-5-14-24-26-23(27)20-15-22(25-21-9-7-6-8-19(20)21)18-12-10-17(11-13-18)16(2)3/h4-16H,1-3H3,(H,26,27)/b5-4-,24-14?. The third-order valence-corrected chi connectivity index (χ3v) is 4.35. The van der Waals surface area contributed by atoms with Gasteiger partial charge in [0.1, 0.15) is 0 Å². The first-order chi connectivity index (χ1) is 13.1. The summed E-state index contributed by atoms with van der Waals surface area (Å²) in [6.07, 6.45) is 5.15. The average Bonchev–Trinajstić information content (AvgIpc) is 2.70. The number of carbonyl (C=O) groups is 1. The number of benzene rings is 2. The highest BCUT2D eigenvalue weighted by Crippen LogP contribution is 2.26. The predicted octanol–water partition coefficient (Wildman–Crippen LogP) is 5.32. The van der Waals surface area contributed by atoms with Crippen LogP contribution < -0.4 is 5.43 Å². The molecule has 1 aromatic heterocycles. The Kier molecular flexibility index (Phi) is 5.77. The molecule has 1 amide bonds. The maximum absolute atomic E-state index is 12.7. The van der Waals surface area contributed by atoms with Gasteiger partial charge in [0.2, 0.25) is 0 Å². The molecule has 0 bridgehead atoms. The van der Waals surface area contributed by atoms with Crippen molar-refractivity contribution in [3.63, 3.8) is 0 Å². The van der Waals surface area contributed by atoms with Gasteiger partial charge < -0.3 is 0 Å². The predicted molar refractivity (Wildman–Crippen MR) is 112 cm³/mol. The van der Waals surface area contributed by atoms with E-state index in [1.165, 1.54) is 5.56 Å². The third kappa shape index (κ3) is 4.29. The minimum Gasteiger partial charge on any atom is -0.267 e. The van der Waals surface area contributed by atoms with Gasteiger partial charge in [0, 0.05) is 17.2 Å². The lowest BCUT2D eigenvalue weighted by Crippen LogP contribution is -2.18. The zero-order valence-corrected chi connectivity index (χ0v) is 15.8. The molecule has 3 rings (SSSR count). The minimum atomic E-state index is -0.255. The number of nitrogens with zero attached hydrogens (tertiary/aromatic N) is 2. The van der Waals surface area contributed by atoms with Crippen LogP contribution in [0.2, 0.25) is 0 Å². The second-order valence-electron chi connectivity index (χ2n) is 6.59. The quantitative estimate of drug-likeness (QED) is 0.496. The topological polar surface area (TPSA) is 54.4 Å². The number of para-hydroxylation sites is 1. The normalized spacial score (nSPS) is 11.7. The Bertz CT molecular complexity index is 1000. The largest absolute Gasteiger partial charge is 0.272 e. The number of amides is 1. The number of hydrogen-bond acceptors (Lipinski definition) is 3. The molecule has 0 aliphatic rings. The van der Waals surface area contributed by atoms with Crippen LogP contribution in [0.25, 0.3) is 22.2 Å². The Morgan fingerprint density at radius 2 is 1.85 bits per heavy atom. The van der Waals surface area contributed by atoms with Gasteiger partial charge in [-0.25, -0.2) is 10.4 Å². The third-order valence-electron chi connectivity index (χ3n) is 4.35. The highest BCUT2D eigenvalue weighted by molar-refractivity contribution is 6.07. The highest BCUT2D eigenvalue weighted by Gasteiger charge is 2.13. The van der Waals surface area contributed by atoms with E-state index in [0.29, 0.717) is 11.5 Å². The van der Waals surface area contributed by atoms with Gasteiger partial charge in [-0.2, -0.15) is 5.10 Å². The summed E-state index contributed by atoms with van der Waals surface area (Å²) in [5, 5.41) is 4.75. The first-order valence-corrected chi connectivity index (χ1v) is 9.05. The number of rotatable bonds is 5. The summed E-state index contributed by atoms with van der Waals surface area (Å²) >= 11 is 0. The number of aromatic nitrogens is 1. The lowest BCUT2D eigenvalue weighted by atomic mass is 9.99. The first kappa shape index (κ1) is 18.5. The number of nitrogens with one attached hydrogen (secondary N) is 1. The van der Waals surface area contributed by atoms with Crippen LogP contribution in [0.4, 0.5) is 0 Å². The molecule has 0 radical (unpaired) electrons. The van der Waals surface area contributed by atoms with E-state index in [4.69, 9.17) is 4.98 Å². The molecule has 2 aromatic carbocycles. The van der Waals surface area contributed by atoms with E-state index < -0.39 is 0 Å². The van der Waals surface area contributed by atoms with Gasteiger partial charge in [-0.1, -0.05) is 62.4 Å². The van der Waals surface area contributed by atoms with E-state index in [1.807, 2.05) is 43.3 Å². The summed E-state index contributed by atoms with van der Waals surface area (Å²) in [5.74, 6) is 0.217. The lowest BCUT2D eigenvalue weighted by molar-refractivity contribution is 0.0957. The van der Waals surface area contributed by atoms with E-state index in [2.05, 4.69) is 48.6 Å². The number of allylic oxidation sites excluding steroid dienone is 2. The van der Waals surface area contributed by atoms with E-state index in [9.17, 15) is 4.79 Å². The van der Waals surface area contributed by atoms with Crippen LogP contribution >= 0.6 is 0 Å². The molecule has 0 spiro atoms. The molecule has 4 heteroatoms. The van der Waals surface area contributed by atoms with Crippen molar-refractivity contribution in [3.05, 3.63) is 77.9 Å². The van der Waals surface area contributed by atoms with Gasteiger partial charge in [0.15, 0.2) is 0 Å². The summed E-state index contributed by atoms with van der Waals surface area (Å²) < 4.78 is 0. The van der Waals surface area contributed by atoms with Gasteiger partial charge in [0.05, 0.1) is 16.8 Å². The monoisotopic (exact) mass is 357 g/mol. The second-order valence-corrected chi connectivity index (χ2v) is 6.59. The molecular weight excluding hydrogens is 334 g/mol. The van der Waals surface area contributed by atoms with E-state index in [1.54, 1.807) is 12.3 Å². The molecule has 0 aliphatic carbocycles. The molecule has 1 N–H and O–H groups in total. The summed E-state index contributed by atoms with van der Waals surface area (Å²) in [4.78, 5) is 17.4. The Morgan fingerprint density at radius 3 is 2.56 bits per heavy atom. The van der Waals surface area contributed by atoms with Crippen molar-refractivity contribution in [1.82, 2.24) is 10.4 Å². The average molecular weight is 357 g/mol. The van der Waals surface area contributed by atoms with Crippen LogP contribution in [0.1, 0.15) is 42.6 Å².